The molecule has 1 rings (SSSR count). The van der Waals surface area contributed by atoms with Crippen LogP contribution in [0.5, 0.6) is 0 Å². The number of rotatable bonds is 9. The third kappa shape index (κ3) is 5.80. The van der Waals surface area contributed by atoms with Crippen LogP contribution in [0, 0.1) is 0 Å². The van der Waals surface area contributed by atoms with Crippen molar-refractivity contribution in [2.75, 3.05) is 40.0 Å². The molecule has 1 atom stereocenters. The number of nitrogens with zero attached hydrogens (tertiary/aromatic N) is 1. The molecule has 0 radical (unpaired) electrons. The maximum absolute atomic E-state index is 12.1. The number of amides is 1. The lowest BCUT2D eigenvalue weighted by atomic mass is 10.1. The normalized spacial score (nSPS) is 19.1. The number of hydrogen-bond donors (Lipinski definition) is 1. The summed E-state index contributed by atoms with van der Waals surface area (Å²) in [5, 5.41) is 0. The first-order valence-electron chi connectivity index (χ1n) is 6.86. The van der Waals surface area contributed by atoms with Gasteiger partial charge in [0.25, 0.3) is 0 Å². The minimum absolute atomic E-state index is 0.191. The summed E-state index contributed by atoms with van der Waals surface area (Å²) in [6.07, 6.45) is 4.75. The second-order valence-corrected chi connectivity index (χ2v) is 4.69. The van der Waals surface area contributed by atoms with Crippen molar-refractivity contribution in [1.82, 2.24) is 4.90 Å². The lowest BCUT2D eigenvalue weighted by molar-refractivity contribution is -0.132. The Labute approximate surface area is 110 Å². The van der Waals surface area contributed by atoms with Crippen molar-refractivity contribution in [2.45, 2.75) is 38.2 Å². The van der Waals surface area contributed by atoms with Crippen LogP contribution in [0.2, 0.25) is 0 Å². The highest BCUT2D eigenvalue weighted by molar-refractivity contribution is 5.76. The van der Waals surface area contributed by atoms with Gasteiger partial charge in [0.1, 0.15) is 0 Å². The maximum atomic E-state index is 12.1. The Morgan fingerprint density at radius 2 is 2.33 bits per heavy atom. The van der Waals surface area contributed by atoms with E-state index in [2.05, 4.69) is 0 Å². The molecule has 5 heteroatoms. The van der Waals surface area contributed by atoms with Crippen LogP contribution in [-0.4, -0.2) is 56.9 Å². The second kappa shape index (κ2) is 9.30. The Hall–Kier alpha value is -0.650. The van der Waals surface area contributed by atoms with Crippen LogP contribution in [-0.2, 0) is 14.3 Å². The van der Waals surface area contributed by atoms with E-state index >= 15 is 0 Å². The highest BCUT2D eigenvalue weighted by atomic mass is 16.5. The van der Waals surface area contributed by atoms with Crippen LogP contribution in [0.4, 0.5) is 0 Å². The Morgan fingerprint density at radius 1 is 1.50 bits per heavy atom. The summed E-state index contributed by atoms with van der Waals surface area (Å²) >= 11 is 0. The standard InChI is InChI=1S/C13H26N2O3/c1-17-11-9-15(8-3-7-14)13(16)6-5-12-4-2-10-18-12/h12H,2-11,14H2,1H3. The van der Waals surface area contributed by atoms with Gasteiger partial charge in [-0.25, -0.2) is 0 Å². The first kappa shape index (κ1) is 15.4. The maximum Gasteiger partial charge on any atom is 0.222 e. The van der Waals surface area contributed by atoms with Crippen molar-refractivity contribution >= 4 is 5.91 Å². The Kier molecular flexibility index (Phi) is 7.96. The van der Waals surface area contributed by atoms with Gasteiger partial charge in [0.2, 0.25) is 5.91 Å². The van der Waals surface area contributed by atoms with Crippen molar-refractivity contribution in [3.8, 4) is 0 Å². The zero-order chi connectivity index (χ0) is 13.2. The van der Waals surface area contributed by atoms with Crippen molar-refractivity contribution in [3.63, 3.8) is 0 Å². The van der Waals surface area contributed by atoms with Crippen molar-refractivity contribution < 1.29 is 14.3 Å². The van der Waals surface area contributed by atoms with E-state index in [0.717, 1.165) is 38.8 Å². The minimum Gasteiger partial charge on any atom is -0.383 e. The van der Waals surface area contributed by atoms with E-state index in [1.54, 1.807) is 7.11 Å². The van der Waals surface area contributed by atoms with E-state index in [0.29, 0.717) is 26.1 Å². The predicted octanol–water partition coefficient (Wildman–Crippen LogP) is 0.769. The molecule has 0 aromatic carbocycles. The molecule has 0 aromatic heterocycles. The predicted molar refractivity (Wildman–Crippen MR) is 70.3 cm³/mol. The number of carbonyl (C=O) groups excluding carboxylic acids is 1. The van der Waals surface area contributed by atoms with E-state index in [4.69, 9.17) is 15.2 Å². The fourth-order valence-corrected chi connectivity index (χ4v) is 2.16. The lowest BCUT2D eigenvalue weighted by Crippen LogP contribution is -2.35. The number of nitrogens with two attached hydrogens (primary N) is 1. The number of methoxy groups -OCH3 is 1. The van der Waals surface area contributed by atoms with Gasteiger partial charge < -0.3 is 20.1 Å². The largest absolute Gasteiger partial charge is 0.383 e. The molecule has 1 unspecified atom stereocenters. The molecule has 1 saturated heterocycles. The monoisotopic (exact) mass is 258 g/mol. The zero-order valence-electron chi connectivity index (χ0n) is 11.4. The van der Waals surface area contributed by atoms with E-state index in [9.17, 15) is 4.79 Å². The van der Waals surface area contributed by atoms with Gasteiger partial charge in [0, 0.05) is 33.2 Å². The number of ether oxygens (including phenoxy) is 2. The van der Waals surface area contributed by atoms with Gasteiger partial charge in [-0.15, -0.1) is 0 Å². The summed E-state index contributed by atoms with van der Waals surface area (Å²) < 4.78 is 10.6. The van der Waals surface area contributed by atoms with Crippen LogP contribution in [0.25, 0.3) is 0 Å². The van der Waals surface area contributed by atoms with Gasteiger partial charge in [-0.3, -0.25) is 4.79 Å². The smallest absolute Gasteiger partial charge is 0.222 e. The Bertz CT molecular complexity index is 222. The van der Waals surface area contributed by atoms with Gasteiger partial charge in [0.05, 0.1) is 12.7 Å². The molecule has 1 amide bonds. The van der Waals surface area contributed by atoms with E-state index in [-0.39, 0.29) is 12.0 Å². The van der Waals surface area contributed by atoms with Crippen molar-refractivity contribution in [2.24, 2.45) is 5.73 Å². The van der Waals surface area contributed by atoms with Crippen LogP contribution in [0.3, 0.4) is 0 Å². The van der Waals surface area contributed by atoms with Gasteiger partial charge >= 0.3 is 0 Å². The summed E-state index contributed by atoms with van der Waals surface area (Å²) in [5.41, 5.74) is 5.49. The van der Waals surface area contributed by atoms with Crippen LogP contribution in [0.15, 0.2) is 0 Å². The SMILES string of the molecule is COCCN(CCCN)C(=O)CCC1CCCO1. The summed E-state index contributed by atoms with van der Waals surface area (Å²) in [4.78, 5) is 13.9. The summed E-state index contributed by atoms with van der Waals surface area (Å²) in [6, 6.07) is 0. The highest BCUT2D eigenvalue weighted by Gasteiger charge is 2.19. The Morgan fingerprint density at radius 3 is 2.94 bits per heavy atom. The third-order valence-electron chi connectivity index (χ3n) is 3.25. The third-order valence-corrected chi connectivity index (χ3v) is 3.25. The first-order chi connectivity index (χ1) is 8.77. The first-order valence-corrected chi connectivity index (χ1v) is 6.86. The molecule has 1 aliphatic heterocycles. The van der Waals surface area contributed by atoms with Crippen LogP contribution in [0.1, 0.15) is 32.1 Å². The molecule has 0 bridgehead atoms. The average molecular weight is 258 g/mol. The molecular formula is C13H26N2O3. The Balaban J connectivity index is 2.27. The molecule has 0 aromatic rings. The topological polar surface area (TPSA) is 64.8 Å². The quantitative estimate of drug-likeness (QED) is 0.663. The number of hydrogen-bond acceptors (Lipinski definition) is 4. The molecule has 1 aliphatic rings. The van der Waals surface area contributed by atoms with Crippen LogP contribution >= 0.6 is 0 Å². The summed E-state index contributed by atoms with van der Waals surface area (Å²) in [6.45, 7) is 3.42. The minimum atomic E-state index is 0.191. The van der Waals surface area contributed by atoms with Crippen molar-refractivity contribution in [3.05, 3.63) is 0 Å². The molecule has 18 heavy (non-hydrogen) atoms. The molecule has 0 spiro atoms. The highest BCUT2D eigenvalue weighted by Crippen LogP contribution is 2.17. The molecule has 106 valence electrons. The fraction of sp³-hybridized carbons (Fsp3) is 0.923. The molecule has 5 nitrogen and oxygen atoms in total. The molecule has 0 saturated carbocycles. The van der Waals surface area contributed by atoms with Gasteiger partial charge in [-0.2, -0.15) is 0 Å². The molecule has 2 N–H and O–H groups in total. The summed E-state index contributed by atoms with van der Waals surface area (Å²) in [7, 11) is 1.65. The molecular weight excluding hydrogens is 232 g/mol. The zero-order valence-corrected chi connectivity index (χ0v) is 11.4. The average Bonchev–Trinajstić information content (AvgIpc) is 2.89. The van der Waals surface area contributed by atoms with Gasteiger partial charge in [-0.05, 0) is 32.2 Å². The van der Waals surface area contributed by atoms with E-state index in [1.165, 1.54) is 0 Å². The van der Waals surface area contributed by atoms with Crippen molar-refractivity contribution in [1.29, 1.82) is 0 Å². The number of carbonyl (C=O) groups is 1. The molecule has 1 fully saturated rings. The lowest BCUT2D eigenvalue weighted by Gasteiger charge is -2.22. The summed E-state index contributed by atoms with van der Waals surface area (Å²) in [5.74, 6) is 0.191. The van der Waals surface area contributed by atoms with Gasteiger partial charge in [0.15, 0.2) is 0 Å². The second-order valence-electron chi connectivity index (χ2n) is 4.69. The molecule has 0 aliphatic carbocycles. The van der Waals surface area contributed by atoms with E-state index in [1.807, 2.05) is 4.90 Å². The molecule has 1 heterocycles. The fourth-order valence-electron chi connectivity index (χ4n) is 2.16. The van der Waals surface area contributed by atoms with Crippen LogP contribution < -0.4 is 5.73 Å². The van der Waals surface area contributed by atoms with Gasteiger partial charge in [-0.1, -0.05) is 0 Å². The van der Waals surface area contributed by atoms with E-state index < -0.39 is 0 Å².